The summed E-state index contributed by atoms with van der Waals surface area (Å²) in [4.78, 5) is 8.61. The number of hydrogen-bond acceptors (Lipinski definition) is 5. The zero-order valence-corrected chi connectivity index (χ0v) is 6.80. The molecule has 0 aliphatic rings. The van der Waals surface area contributed by atoms with Crippen molar-refractivity contribution in [1.82, 2.24) is 0 Å². The molecule has 1 radical (unpaired) electrons. The van der Waals surface area contributed by atoms with Crippen molar-refractivity contribution in [3.05, 3.63) is 0 Å². The van der Waals surface area contributed by atoms with E-state index in [1.807, 2.05) is 0 Å². The summed E-state index contributed by atoms with van der Waals surface area (Å²) >= 11 is 0. The lowest BCUT2D eigenvalue weighted by Crippen LogP contribution is -1.89. The van der Waals surface area contributed by atoms with Crippen LogP contribution in [0.25, 0.3) is 0 Å². The van der Waals surface area contributed by atoms with Gasteiger partial charge < -0.3 is 0 Å². The van der Waals surface area contributed by atoms with Crippen molar-refractivity contribution in [3.63, 3.8) is 0 Å². The van der Waals surface area contributed by atoms with Crippen molar-refractivity contribution in [3.8, 4) is 0 Å². The SMILES string of the molecule is CCOO[P](=O)OOCC. The van der Waals surface area contributed by atoms with Crippen LogP contribution in [0.3, 0.4) is 0 Å². The predicted molar refractivity (Wildman–Crippen MR) is 33.0 cm³/mol. The normalized spacial score (nSPS) is 9.80. The maximum absolute atomic E-state index is 10.4. The molecule has 10 heavy (non-hydrogen) atoms. The third-order valence-electron chi connectivity index (χ3n) is 0.463. The van der Waals surface area contributed by atoms with Crippen LogP contribution < -0.4 is 0 Å². The average Bonchev–Trinajstić information content (AvgIpc) is 1.97. The number of hydrogen-bond donors (Lipinski definition) is 0. The Labute approximate surface area is 60.0 Å². The molecule has 0 aromatic carbocycles. The Balaban J connectivity index is 3.09. The van der Waals surface area contributed by atoms with Gasteiger partial charge in [0, 0.05) is 0 Å². The van der Waals surface area contributed by atoms with Crippen LogP contribution in [0.5, 0.6) is 0 Å². The van der Waals surface area contributed by atoms with Crippen LogP contribution in [0.15, 0.2) is 0 Å². The summed E-state index contributed by atoms with van der Waals surface area (Å²) in [6.45, 7) is 4.03. The summed E-state index contributed by atoms with van der Waals surface area (Å²) in [6, 6.07) is 0. The Bertz CT molecular complexity index is 85.6. The summed E-state index contributed by atoms with van der Waals surface area (Å²) in [5, 5.41) is 0. The van der Waals surface area contributed by atoms with Crippen molar-refractivity contribution in [1.29, 1.82) is 0 Å². The molecule has 0 saturated heterocycles. The summed E-state index contributed by atoms with van der Waals surface area (Å²) < 4.78 is 18.7. The fourth-order valence-corrected chi connectivity index (χ4v) is 0.612. The largest absolute Gasteiger partial charge is 0.427 e. The second kappa shape index (κ2) is 7.05. The Morgan fingerprint density at radius 1 is 1.10 bits per heavy atom. The second-order valence-corrected chi connectivity index (χ2v) is 1.93. The molecule has 0 N–H and O–H groups in total. The molecule has 0 bridgehead atoms. The van der Waals surface area contributed by atoms with Crippen LogP contribution in [0.2, 0.25) is 0 Å². The van der Waals surface area contributed by atoms with Gasteiger partial charge in [-0.15, -0.1) is 9.35 Å². The molecule has 0 unspecified atom stereocenters. The van der Waals surface area contributed by atoms with E-state index in [4.69, 9.17) is 0 Å². The van der Waals surface area contributed by atoms with Crippen LogP contribution >= 0.6 is 8.25 Å². The highest BCUT2D eigenvalue weighted by atomic mass is 31.1. The monoisotopic (exact) mass is 169 g/mol. The molecule has 0 saturated carbocycles. The van der Waals surface area contributed by atoms with Gasteiger partial charge in [0.2, 0.25) is 0 Å². The van der Waals surface area contributed by atoms with E-state index in [9.17, 15) is 4.57 Å². The first-order valence-electron chi connectivity index (χ1n) is 2.87. The summed E-state index contributed by atoms with van der Waals surface area (Å²) in [5.41, 5.74) is 0. The topological polar surface area (TPSA) is 54.0 Å². The lowest BCUT2D eigenvalue weighted by molar-refractivity contribution is -0.255. The average molecular weight is 169 g/mol. The molecule has 0 atom stereocenters. The zero-order valence-electron chi connectivity index (χ0n) is 5.90. The van der Waals surface area contributed by atoms with Crippen LogP contribution in [0, 0.1) is 0 Å². The van der Waals surface area contributed by atoms with Crippen molar-refractivity contribution in [2.24, 2.45) is 0 Å². The second-order valence-electron chi connectivity index (χ2n) is 1.19. The van der Waals surface area contributed by atoms with Gasteiger partial charge in [0.1, 0.15) is 0 Å². The smallest absolute Gasteiger partial charge is 0.224 e. The molecular formula is C4H10O5P. The van der Waals surface area contributed by atoms with Gasteiger partial charge in [0.25, 0.3) is 0 Å². The quantitative estimate of drug-likeness (QED) is 0.343. The molecule has 5 nitrogen and oxygen atoms in total. The maximum Gasteiger partial charge on any atom is 0.427 e. The molecule has 0 aliphatic carbocycles. The predicted octanol–water partition coefficient (Wildman–Crippen LogP) is 1.58. The lowest BCUT2D eigenvalue weighted by Gasteiger charge is -1.97. The molecule has 0 spiro atoms. The molecule has 0 aromatic rings. The van der Waals surface area contributed by atoms with E-state index < -0.39 is 8.25 Å². The fraction of sp³-hybridized carbons (Fsp3) is 1.00. The van der Waals surface area contributed by atoms with Gasteiger partial charge in [-0.1, -0.05) is 0 Å². The van der Waals surface area contributed by atoms with E-state index in [1.165, 1.54) is 0 Å². The van der Waals surface area contributed by atoms with Gasteiger partial charge >= 0.3 is 8.25 Å². The van der Waals surface area contributed by atoms with Crippen LogP contribution in [0.1, 0.15) is 13.8 Å². The summed E-state index contributed by atoms with van der Waals surface area (Å²) in [7, 11) is -2.29. The van der Waals surface area contributed by atoms with E-state index in [2.05, 4.69) is 19.1 Å². The van der Waals surface area contributed by atoms with Crippen molar-refractivity contribution >= 4 is 8.25 Å². The van der Waals surface area contributed by atoms with E-state index in [1.54, 1.807) is 13.8 Å². The van der Waals surface area contributed by atoms with E-state index >= 15 is 0 Å². The van der Waals surface area contributed by atoms with Gasteiger partial charge in [-0.2, -0.15) is 0 Å². The van der Waals surface area contributed by atoms with Gasteiger partial charge in [0.05, 0.1) is 13.2 Å². The van der Waals surface area contributed by atoms with Gasteiger partial charge in [-0.3, -0.25) is 0 Å². The first kappa shape index (κ1) is 9.94. The minimum absolute atomic E-state index is 0.316. The van der Waals surface area contributed by atoms with Crippen LogP contribution in [-0.2, 0) is 23.7 Å². The van der Waals surface area contributed by atoms with E-state index in [-0.39, 0.29) is 0 Å². The molecule has 0 aromatic heterocycles. The standard InChI is InChI=1S/C4H10O5P/c1-3-6-8-10(5)9-7-4-2/h3-4H2,1-2H3. The van der Waals surface area contributed by atoms with Crippen molar-refractivity contribution in [2.75, 3.05) is 13.2 Å². The highest BCUT2D eigenvalue weighted by Gasteiger charge is 2.01. The summed E-state index contributed by atoms with van der Waals surface area (Å²) in [6.07, 6.45) is 0. The zero-order chi connectivity index (χ0) is 7.82. The van der Waals surface area contributed by atoms with E-state index in [0.717, 1.165) is 0 Å². The third kappa shape index (κ3) is 6.07. The molecule has 0 rings (SSSR count). The van der Waals surface area contributed by atoms with Crippen LogP contribution in [-0.4, -0.2) is 13.2 Å². The van der Waals surface area contributed by atoms with Gasteiger partial charge in [0.15, 0.2) is 0 Å². The summed E-state index contributed by atoms with van der Waals surface area (Å²) in [5.74, 6) is 0. The van der Waals surface area contributed by atoms with Crippen molar-refractivity contribution < 1.29 is 23.7 Å². The van der Waals surface area contributed by atoms with E-state index in [0.29, 0.717) is 13.2 Å². The molecule has 0 heterocycles. The molecule has 61 valence electrons. The lowest BCUT2D eigenvalue weighted by atomic mass is 10.9. The fourth-order valence-electron chi connectivity index (χ4n) is 0.204. The molecule has 6 heteroatoms. The van der Waals surface area contributed by atoms with Crippen LogP contribution in [0.4, 0.5) is 0 Å². The molecule has 0 amide bonds. The Kier molecular flexibility index (Phi) is 7.01. The Morgan fingerprint density at radius 3 is 1.80 bits per heavy atom. The Morgan fingerprint density at radius 2 is 1.50 bits per heavy atom. The molecular weight excluding hydrogens is 159 g/mol. The highest BCUT2D eigenvalue weighted by Crippen LogP contribution is 2.23. The highest BCUT2D eigenvalue weighted by molar-refractivity contribution is 7.32. The third-order valence-corrected chi connectivity index (χ3v) is 0.917. The first-order chi connectivity index (χ1) is 4.81. The molecule has 0 aliphatic heterocycles. The van der Waals surface area contributed by atoms with Gasteiger partial charge in [-0.25, -0.2) is 14.3 Å². The molecule has 0 fully saturated rings. The minimum Gasteiger partial charge on any atom is -0.224 e. The van der Waals surface area contributed by atoms with Crippen molar-refractivity contribution in [2.45, 2.75) is 13.8 Å². The number of rotatable bonds is 6. The first-order valence-corrected chi connectivity index (χ1v) is 3.97. The maximum atomic E-state index is 10.4. The van der Waals surface area contributed by atoms with Gasteiger partial charge in [-0.05, 0) is 13.8 Å². The minimum atomic E-state index is -2.29. The Hall–Kier alpha value is -0.0600.